The molecule has 0 unspecified atom stereocenters. The molecule has 0 atom stereocenters. The Morgan fingerprint density at radius 2 is 2.18 bits per heavy atom. The van der Waals surface area contributed by atoms with Crippen LogP contribution in [0.25, 0.3) is 0 Å². The van der Waals surface area contributed by atoms with Gasteiger partial charge in [0, 0.05) is 25.2 Å². The minimum Gasteiger partial charge on any atom is -0.484 e. The number of carbonyl (C=O) groups excluding carboxylic acids is 2. The number of ether oxygens (including phenoxy) is 1. The third-order valence-corrected chi connectivity index (χ3v) is 2.29. The van der Waals surface area contributed by atoms with E-state index in [1.54, 1.807) is 7.05 Å². The standard InChI is InChI=1S/C12H14FNO3/c1-3-14(2)12(16)8-17-11-5-9(7-15)4-10(13)6-11/h4-7H,3,8H2,1-2H3. The molecule has 0 aliphatic carbocycles. The molecule has 0 spiro atoms. The predicted molar refractivity (Wildman–Crippen MR) is 60.6 cm³/mol. The van der Waals surface area contributed by atoms with Crippen molar-refractivity contribution in [3.63, 3.8) is 0 Å². The van der Waals surface area contributed by atoms with Crippen LogP contribution in [0, 0.1) is 5.82 Å². The Balaban J connectivity index is 2.66. The Hall–Kier alpha value is -1.91. The molecule has 1 rings (SSSR count). The van der Waals surface area contributed by atoms with Gasteiger partial charge in [0.2, 0.25) is 0 Å². The minimum absolute atomic E-state index is 0.171. The van der Waals surface area contributed by atoms with Crippen molar-refractivity contribution in [1.82, 2.24) is 4.90 Å². The quantitative estimate of drug-likeness (QED) is 0.731. The maximum Gasteiger partial charge on any atom is 0.260 e. The summed E-state index contributed by atoms with van der Waals surface area (Å²) >= 11 is 0. The van der Waals surface area contributed by atoms with Gasteiger partial charge in [0.1, 0.15) is 17.9 Å². The van der Waals surface area contributed by atoms with Crippen LogP contribution in [0.1, 0.15) is 17.3 Å². The van der Waals surface area contributed by atoms with Crippen LogP contribution in [0.4, 0.5) is 4.39 Å². The van der Waals surface area contributed by atoms with Gasteiger partial charge in [-0.3, -0.25) is 9.59 Å². The van der Waals surface area contributed by atoms with E-state index >= 15 is 0 Å². The third-order valence-electron chi connectivity index (χ3n) is 2.29. The lowest BCUT2D eigenvalue weighted by Gasteiger charge is -2.14. The van der Waals surface area contributed by atoms with Crippen LogP contribution in [-0.2, 0) is 4.79 Å². The molecule has 0 saturated carbocycles. The first-order chi connectivity index (χ1) is 8.06. The number of hydrogen-bond donors (Lipinski definition) is 0. The first-order valence-electron chi connectivity index (χ1n) is 5.19. The highest BCUT2D eigenvalue weighted by atomic mass is 19.1. The number of likely N-dealkylation sites (N-methyl/N-ethyl adjacent to an activating group) is 1. The molecule has 1 amide bonds. The van der Waals surface area contributed by atoms with E-state index in [4.69, 9.17) is 4.74 Å². The fraction of sp³-hybridized carbons (Fsp3) is 0.333. The molecule has 17 heavy (non-hydrogen) atoms. The lowest BCUT2D eigenvalue weighted by molar-refractivity contribution is -0.131. The first kappa shape index (κ1) is 13.2. The van der Waals surface area contributed by atoms with Crippen LogP contribution in [0.2, 0.25) is 0 Å². The molecule has 0 aromatic heterocycles. The average Bonchev–Trinajstić information content (AvgIpc) is 2.34. The van der Waals surface area contributed by atoms with E-state index in [-0.39, 0.29) is 23.8 Å². The molecule has 0 N–H and O–H groups in total. The number of nitrogens with zero attached hydrogens (tertiary/aromatic N) is 1. The van der Waals surface area contributed by atoms with E-state index in [9.17, 15) is 14.0 Å². The Labute approximate surface area is 99.0 Å². The van der Waals surface area contributed by atoms with Crippen molar-refractivity contribution in [2.45, 2.75) is 6.92 Å². The molecule has 0 radical (unpaired) electrons. The number of aldehydes is 1. The molecule has 0 heterocycles. The van der Waals surface area contributed by atoms with Gasteiger partial charge >= 0.3 is 0 Å². The fourth-order valence-electron chi connectivity index (χ4n) is 1.17. The zero-order chi connectivity index (χ0) is 12.8. The maximum atomic E-state index is 13.0. The predicted octanol–water partition coefficient (Wildman–Crippen LogP) is 1.50. The van der Waals surface area contributed by atoms with Crippen molar-refractivity contribution in [2.24, 2.45) is 0 Å². The second-order valence-electron chi connectivity index (χ2n) is 3.53. The molecule has 0 fully saturated rings. The largest absolute Gasteiger partial charge is 0.484 e. The normalized spacial score (nSPS) is 9.82. The van der Waals surface area contributed by atoms with Gasteiger partial charge in [-0.05, 0) is 19.1 Å². The van der Waals surface area contributed by atoms with Crippen LogP contribution in [-0.4, -0.2) is 37.3 Å². The van der Waals surface area contributed by atoms with Crippen molar-refractivity contribution < 1.29 is 18.7 Å². The summed E-state index contributed by atoms with van der Waals surface area (Å²) in [6.07, 6.45) is 0.524. The highest BCUT2D eigenvalue weighted by molar-refractivity contribution is 5.78. The fourth-order valence-corrected chi connectivity index (χ4v) is 1.17. The highest BCUT2D eigenvalue weighted by Crippen LogP contribution is 2.15. The van der Waals surface area contributed by atoms with Crippen LogP contribution >= 0.6 is 0 Å². The Kier molecular flexibility index (Phi) is 4.63. The van der Waals surface area contributed by atoms with Crippen molar-refractivity contribution in [3.05, 3.63) is 29.6 Å². The van der Waals surface area contributed by atoms with E-state index in [1.165, 1.54) is 11.0 Å². The molecule has 0 aliphatic rings. The second kappa shape index (κ2) is 5.98. The Bertz CT molecular complexity index is 420. The van der Waals surface area contributed by atoms with Crippen molar-refractivity contribution in [1.29, 1.82) is 0 Å². The van der Waals surface area contributed by atoms with Crippen molar-refractivity contribution >= 4 is 12.2 Å². The van der Waals surface area contributed by atoms with E-state index < -0.39 is 5.82 Å². The molecule has 0 aliphatic heterocycles. The summed E-state index contributed by atoms with van der Waals surface area (Å²) in [5.41, 5.74) is 0.177. The summed E-state index contributed by atoms with van der Waals surface area (Å²) in [4.78, 5) is 23.4. The number of amides is 1. The maximum absolute atomic E-state index is 13.0. The molecule has 1 aromatic rings. The van der Waals surface area contributed by atoms with Crippen molar-refractivity contribution in [2.75, 3.05) is 20.2 Å². The Morgan fingerprint density at radius 1 is 1.47 bits per heavy atom. The van der Waals surface area contributed by atoms with Crippen LogP contribution in [0.5, 0.6) is 5.75 Å². The first-order valence-corrected chi connectivity index (χ1v) is 5.19. The van der Waals surface area contributed by atoms with Gasteiger partial charge in [-0.2, -0.15) is 0 Å². The lowest BCUT2D eigenvalue weighted by Crippen LogP contribution is -2.31. The number of carbonyl (C=O) groups is 2. The summed E-state index contributed by atoms with van der Waals surface area (Å²) in [5, 5.41) is 0. The van der Waals surface area contributed by atoms with E-state index in [0.717, 1.165) is 12.1 Å². The van der Waals surface area contributed by atoms with Gasteiger partial charge in [0.15, 0.2) is 6.61 Å². The molecule has 92 valence electrons. The highest BCUT2D eigenvalue weighted by Gasteiger charge is 2.08. The molecule has 0 saturated heterocycles. The molecule has 4 nitrogen and oxygen atoms in total. The van der Waals surface area contributed by atoms with Crippen LogP contribution in [0.15, 0.2) is 18.2 Å². The van der Waals surface area contributed by atoms with Gasteiger partial charge < -0.3 is 9.64 Å². The van der Waals surface area contributed by atoms with Gasteiger partial charge in [-0.25, -0.2) is 4.39 Å². The van der Waals surface area contributed by atoms with Gasteiger partial charge in [-0.15, -0.1) is 0 Å². The SMILES string of the molecule is CCN(C)C(=O)COc1cc(F)cc(C=O)c1. The van der Waals surface area contributed by atoms with E-state index in [1.807, 2.05) is 6.92 Å². The Morgan fingerprint density at radius 3 is 2.76 bits per heavy atom. The van der Waals surface area contributed by atoms with Crippen molar-refractivity contribution in [3.8, 4) is 5.75 Å². The number of rotatable bonds is 5. The zero-order valence-electron chi connectivity index (χ0n) is 9.77. The molecule has 0 bridgehead atoms. The minimum atomic E-state index is -0.569. The molecular weight excluding hydrogens is 225 g/mol. The zero-order valence-corrected chi connectivity index (χ0v) is 9.77. The lowest BCUT2D eigenvalue weighted by atomic mass is 10.2. The topological polar surface area (TPSA) is 46.6 Å². The number of benzene rings is 1. The van der Waals surface area contributed by atoms with Crippen LogP contribution < -0.4 is 4.74 Å². The molecule has 1 aromatic carbocycles. The average molecular weight is 239 g/mol. The summed E-state index contributed by atoms with van der Waals surface area (Å²) in [6, 6.07) is 3.61. The van der Waals surface area contributed by atoms with Gasteiger partial charge in [-0.1, -0.05) is 0 Å². The smallest absolute Gasteiger partial charge is 0.260 e. The summed E-state index contributed by atoms with van der Waals surface area (Å²) in [7, 11) is 1.65. The van der Waals surface area contributed by atoms with Gasteiger partial charge in [0.25, 0.3) is 5.91 Å². The number of hydrogen-bond acceptors (Lipinski definition) is 3. The van der Waals surface area contributed by atoms with E-state index in [0.29, 0.717) is 12.8 Å². The molecule has 5 heteroatoms. The monoisotopic (exact) mass is 239 g/mol. The summed E-state index contributed by atoms with van der Waals surface area (Å²) in [6.45, 7) is 2.24. The van der Waals surface area contributed by atoms with Gasteiger partial charge in [0.05, 0.1) is 0 Å². The second-order valence-corrected chi connectivity index (χ2v) is 3.53. The third kappa shape index (κ3) is 3.86. The van der Waals surface area contributed by atoms with Crippen LogP contribution in [0.3, 0.4) is 0 Å². The van der Waals surface area contributed by atoms with E-state index in [2.05, 4.69) is 0 Å². The summed E-state index contributed by atoms with van der Waals surface area (Å²) in [5.74, 6) is -0.602. The number of halogens is 1. The molecular formula is C12H14FNO3. The summed E-state index contributed by atoms with van der Waals surface area (Å²) < 4.78 is 18.2.